The highest BCUT2D eigenvalue weighted by molar-refractivity contribution is 7.09. The van der Waals surface area contributed by atoms with Crippen LogP contribution in [-0.2, 0) is 6.54 Å². The third-order valence-electron chi connectivity index (χ3n) is 4.49. The van der Waals surface area contributed by atoms with Gasteiger partial charge in [-0.3, -0.25) is 4.79 Å². The lowest BCUT2D eigenvalue weighted by Crippen LogP contribution is -2.38. The lowest BCUT2D eigenvalue weighted by molar-refractivity contribution is 0.0605. The maximum atomic E-state index is 13.0. The SMILES string of the molecule is O=C(c1cn(Cc2cccc(Cl)c2)nn1)N1CCCC[C@H]1c1nccs1. The Hall–Kier alpha value is -2.25. The highest BCUT2D eigenvalue weighted by Gasteiger charge is 2.31. The molecule has 2 aromatic heterocycles. The highest BCUT2D eigenvalue weighted by atomic mass is 35.5. The van der Waals surface area contributed by atoms with Crippen LogP contribution >= 0.6 is 22.9 Å². The molecule has 1 aromatic carbocycles. The van der Waals surface area contributed by atoms with E-state index in [-0.39, 0.29) is 11.9 Å². The first-order valence-electron chi connectivity index (χ1n) is 8.55. The first kappa shape index (κ1) is 17.2. The van der Waals surface area contributed by atoms with Crippen molar-refractivity contribution in [2.24, 2.45) is 0 Å². The predicted octanol–water partition coefficient (Wildman–Crippen LogP) is 3.80. The Kier molecular flexibility index (Phi) is 4.99. The maximum absolute atomic E-state index is 13.0. The number of carbonyl (C=O) groups excluding carboxylic acids is 1. The Morgan fingerprint density at radius 3 is 3.08 bits per heavy atom. The number of hydrogen-bond donors (Lipinski definition) is 0. The van der Waals surface area contributed by atoms with Crippen molar-refractivity contribution in [3.8, 4) is 0 Å². The molecule has 8 heteroatoms. The van der Waals surface area contributed by atoms with Gasteiger partial charge < -0.3 is 4.90 Å². The number of nitrogens with zero attached hydrogens (tertiary/aromatic N) is 5. The van der Waals surface area contributed by atoms with Gasteiger partial charge in [-0.05, 0) is 37.0 Å². The van der Waals surface area contributed by atoms with E-state index >= 15 is 0 Å². The van der Waals surface area contributed by atoms with Crippen LogP contribution in [0.4, 0.5) is 0 Å². The molecule has 4 rings (SSSR count). The van der Waals surface area contributed by atoms with Crippen molar-refractivity contribution in [3.63, 3.8) is 0 Å². The van der Waals surface area contributed by atoms with Gasteiger partial charge in [0, 0.05) is 23.1 Å². The number of halogens is 1. The van der Waals surface area contributed by atoms with Crippen LogP contribution in [-0.4, -0.2) is 37.3 Å². The summed E-state index contributed by atoms with van der Waals surface area (Å²) in [5.41, 5.74) is 1.38. The van der Waals surface area contributed by atoms with Gasteiger partial charge in [-0.1, -0.05) is 28.9 Å². The molecular weight excluding hydrogens is 370 g/mol. The van der Waals surface area contributed by atoms with Gasteiger partial charge in [0.1, 0.15) is 5.01 Å². The van der Waals surface area contributed by atoms with Crippen molar-refractivity contribution in [2.45, 2.75) is 31.8 Å². The zero-order valence-electron chi connectivity index (χ0n) is 14.1. The summed E-state index contributed by atoms with van der Waals surface area (Å²) >= 11 is 7.62. The van der Waals surface area contributed by atoms with Gasteiger partial charge in [0.25, 0.3) is 5.91 Å². The van der Waals surface area contributed by atoms with Crippen LogP contribution in [0.5, 0.6) is 0 Å². The van der Waals surface area contributed by atoms with Crippen molar-refractivity contribution in [1.82, 2.24) is 24.9 Å². The number of benzene rings is 1. The van der Waals surface area contributed by atoms with Crippen molar-refractivity contribution in [3.05, 3.63) is 63.3 Å². The molecule has 3 aromatic rings. The van der Waals surface area contributed by atoms with Gasteiger partial charge >= 0.3 is 0 Å². The number of piperidine rings is 1. The third-order valence-corrected chi connectivity index (χ3v) is 5.60. The summed E-state index contributed by atoms with van der Waals surface area (Å²) in [4.78, 5) is 19.3. The molecule has 1 aliphatic heterocycles. The topological polar surface area (TPSA) is 63.9 Å². The molecule has 0 saturated carbocycles. The fourth-order valence-corrected chi connectivity index (χ4v) is 4.27. The number of aromatic nitrogens is 4. The molecule has 1 amide bonds. The number of amides is 1. The Balaban J connectivity index is 1.52. The average molecular weight is 388 g/mol. The van der Waals surface area contributed by atoms with Crippen molar-refractivity contribution < 1.29 is 4.79 Å². The third kappa shape index (κ3) is 3.64. The van der Waals surface area contributed by atoms with Gasteiger partial charge in [-0.15, -0.1) is 16.4 Å². The molecule has 0 N–H and O–H groups in total. The molecule has 0 aliphatic carbocycles. The van der Waals surface area contributed by atoms with Gasteiger partial charge in [0.05, 0.1) is 18.8 Å². The second kappa shape index (κ2) is 7.55. The Labute approximate surface area is 160 Å². The molecule has 0 spiro atoms. The summed E-state index contributed by atoms with van der Waals surface area (Å²) in [6.45, 7) is 1.25. The minimum atomic E-state index is -0.0813. The van der Waals surface area contributed by atoms with Crippen LogP contribution in [0.2, 0.25) is 5.02 Å². The van der Waals surface area contributed by atoms with E-state index in [0.717, 1.165) is 36.4 Å². The number of carbonyl (C=O) groups is 1. The normalized spacial score (nSPS) is 17.4. The fraction of sp³-hybridized carbons (Fsp3) is 0.333. The van der Waals surface area contributed by atoms with Crippen LogP contribution in [0.3, 0.4) is 0 Å². The van der Waals surface area contributed by atoms with Crippen LogP contribution in [0.15, 0.2) is 42.0 Å². The van der Waals surface area contributed by atoms with Gasteiger partial charge in [-0.2, -0.15) is 0 Å². The van der Waals surface area contributed by atoms with Gasteiger partial charge in [0.15, 0.2) is 5.69 Å². The molecule has 1 saturated heterocycles. The second-order valence-electron chi connectivity index (χ2n) is 6.31. The largest absolute Gasteiger partial charge is 0.328 e. The molecule has 134 valence electrons. The van der Waals surface area contributed by atoms with E-state index in [1.165, 1.54) is 0 Å². The molecule has 0 radical (unpaired) electrons. The van der Waals surface area contributed by atoms with E-state index in [1.54, 1.807) is 28.4 Å². The minimum Gasteiger partial charge on any atom is -0.328 e. The molecule has 1 fully saturated rings. The first-order chi connectivity index (χ1) is 12.7. The number of likely N-dealkylation sites (tertiary alicyclic amines) is 1. The van der Waals surface area contributed by atoms with E-state index in [9.17, 15) is 4.79 Å². The van der Waals surface area contributed by atoms with Crippen LogP contribution in [0.1, 0.15) is 46.4 Å². The monoisotopic (exact) mass is 387 g/mol. The van der Waals surface area contributed by atoms with Crippen LogP contribution < -0.4 is 0 Å². The number of rotatable bonds is 4. The maximum Gasteiger partial charge on any atom is 0.276 e. The zero-order valence-corrected chi connectivity index (χ0v) is 15.7. The van der Waals surface area contributed by atoms with Gasteiger partial charge in [0.2, 0.25) is 0 Å². The summed E-state index contributed by atoms with van der Waals surface area (Å²) in [5.74, 6) is -0.0813. The number of thiazole rings is 1. The molecule has 1 atom stereocenters. The summed E-state index contributed by atoms with van der Waals surface area (Å²) in [7, 11) is 0. The van der Waals surface area contributed by atoms with Crippen LogP contribution in [0.25, 0.3) is 0 Å². The average Bonchev–Trinajstić information content (AvgIpc) is 3.33. The lowest BCUT2D eigenvalue weighted by Gasteiger charge is -2.33. The van der Waals surface area contributed by atoms with Crippen molar-refractivity contribution in [1.29, 1.82) is 0 Å². The quantitative estimate of drug-likeness (QED) is 0.683. The van der Waals surface area contributed by atoms with E-state index in [1.807, 2.05) is 34.5 Å². The zero-order chi connectivity index (χ0) is 17.9. The summed E-state index contributed by atoms with van der Waals surface area (Å²) < 4.78 is 1.67. The Morgan fingerprint density at radius 1 is 1.35 bits per heavy atom. The minimum absolute atomic E-state index is 0.0364. The van der Waals surface area contributed by atoms with Crippen molar-refractivity contribution in [2.75, 3.05) is 6.54 Å². The predicted molar refractivity (Wildman–Crippen MR) is 100 cm³/mol. The Bertz CT molecular complexity index is 895. The summed E-state index contributed by atoms with van der Waals surface area (Å²) in [6, 6.07) is 7.62. The molecule has 0 bridgehead atoms. The molecule has 26 heavy (non-hydrogen) atoms. The first-order valence-corrected chi connectivity index (χ1v) is 9.81. The second-order valence-corrected chi connectivity index (χ2v) is 7.67. The lowest BCUT2D eigenvalue weighted by atomic mass is 10.0. The molecule has 3 heterocycles. The summed E-state index contributed by atoms with van der Waals surface area (Å²) in [5, 5.41) is 11.8. The fourth-order valence-electron chi connectivity index (χ4n) is 3.27. The van der Waals surface area contributed by atoms with E-state index < -0.39 is 0 Å². The van der Waals surface area contributed by atoms with Crippen LogP contribution in [0, 0.1) is 0 Å². The number of hydrogen-bond acceptors (Lipinski definition) is 5. The molecule has 0 unspecified atom stereocenters. The summed E-state index contributed by atoms with van der Waals surface area (Å²) in [6.07, 6.45) is 6.55. The Morgan fingerprint density at radius 2 is 2.27 bits per heavy atom. The molecule has 1 aliphatic rings. The van der Waals surface area contributed by atoms with Crippen molar-refractivity contribution >= 4 is 28.8 Å². The highest BCUT2D eigenvalue weighted by Crippen LogP contribution is 2.32. The molecular formula is C18H18ClN5OS. The standard InChI is InChI=1S/C18H18ClN5OS/c19-14-5-3-4-13(10-14)11-23-12-15(21-22-23)18(25)24-8-2-1-6-16(24)17-20-7-9-26-17/h3-5,7,9-10,12,16H,1-2,6,8,11H2/t16-/m0/s1. The molecule has 6 nitrogen and oxygen atoms in total. The smallest absolute Gasteiger partial charge is 0.276 e. The van der Waals surface area contributed by atoms with E-state index in [0.29, 0.717) is 17.3 Å². The van der Waals surface area contributed by atoms with Gasteiger partial charge in [-0.25, -0.2) is 9.67 Å². The van der Waals surface area contributed by atoms with E-state index in [2.05, 4.69) is 15.3 Å². The van der Waals surface area contributed by atoms with E-state index in [4.69, 9.17) is 11.6 Å².